The van der Waals surface area contributed by atoms with Gasteiger partial charge in [-0.05, 0) is 25.1 Å². The van der Waals surface area contributed by atoms with E-state index < -0.39 is 23.4 Å². The molecule has 0 unspecified atom stereocenters. The van der Waals surface area contributed by atoms with Crippen molar-refractivity contribution in [1.29, 1.82) is 0 Å². The van der Waals surface area contributed by atoms with Crippen molar-refractivity contribution in [3.05, 3.63) is 49.7 Å². The number of ether oxygens (including phenoxy) is 2. The van der Waals surface area contributed by atoms with Crippen molar-refractivity contribution in [3.63, 3.8) is 0 Å². The molecular weight excluding hydrogens is 330 g/mol. The fraction of sp³-hybridized carbons (Fsp3) is 0.308. The molecule has 2 rings (SSSR count). The van der Waals surface area contributed by atoms with E-state index in [1.54, 1.807) is 25.1 Å². The standard InChI is InChI=1S/C13H12BrNO5/c1-7-12(13(16)19-2)10(6-15(17)18)9-5-8(14)3-4-11(9)20-7/h3-5,10H,6H2,1-2H3/t10-/m1/s1. The largest absolute Gasteiger partial charge is 0.466 e. The third-order valence-electron chi connectivity index (χ3n) is 3.08. The van der Waals surface area contributed by atoms with Crippen LogP contribution in [0.1, 0.15) is 18.4 Å². The van der Waals surface area contributed by atoms with Crippen molar-refractivity contribution < 1.29 is 19.2 Å². The topological polar surface area (TPSA) is 78.7 Å². The van der Waals surface area contributed by atoms with Gasteiger partial charge in [-0.25, -0.2) is 4.79 Å². The average molecular weight is 342 g/mol. The number of hydrogen-bond donors (Lipinski definition) is 0. The molecule has 1 aliphatic rings. The Bertz CT molecular complexity index is 611. The molecule has 7 heteroatoms. The van der Waals surface area contributed by atoms with Gasteiger partial charge in [0, 0.05) is 15.0 Å². The fourth-order valence-electron chi connectivity index (χ4n) is 2.24. The number of halogens is 1. The van der Waals surface area contributed by atoms with Gasteiger partial charge in [-0.15, -0.1) is 0 Å². The second kappa shape index (κ2) is 5.62. The Morgan fingerprint density at radius 1 is 1.55 bits per heavy atom. The highest BCUT2D eigenvalue weighted by molar-refractivity contribution is 9.10. The second-order valence-electron chi connectivity index (χ2n) is 4.31. The van der Waals surface area contributed by atoms with E-state index in [1.165, 1.54) is 7.11 Å². The quantitative estimate of drug-likeness (QED) is 0.479. The van der Waals surface area contributed by atoms with Gasteiger partial charge in [-0.1, -0.05) is 15.9 Å². The fourth-order valence-corrected chi connectivity index (χ4v) is 2.62. The minimum absolute atomic E-state index is 0.190. The third kappa shape index (κ3) is 2.67. The van der Waals surface area contributed by atoms with Crippen LogP contribution in [0.25, 0.3) is 0 Å². The van der Waals surface area contributed by atoms with Crippen LogP contribution in [-0.2, 0) is 9.53 Å². The minimum atomic E-state index is -0.682. The van der Waals surface area contributed by atoms with Crippen LogP contribution in [-0.4, -0.2) is 24.5 Å². The van der Waals surface area contributed by atoms with Gasteiger partial charge in [0.15, 0.2) is 0 Å². The number of benzene rings is 1. The summed E-state index contributed by atoms with van der Waals surface area (Å²) in [5.74, 6) is -0.442. The Morgan fingerprint density at radius 2 is 2.25 bits per heavy atom. The molecule has 0 spiro atoms. The van der Waals surface area contributed by atoms with Crippen LogP contribution < -0.4 is 4.74 Å². The minimum Gasteiger partial charge on any atom is -0.466 e. The predicted octanol–water partition coefficient (Wildman–Crippen LogP) is 2.65. The summed E-state index contributed by atoms with van der Waals surface area (Å²) >= 11 is 3.32. The van der Waals surface area contributed by atoms with E-state index in [1.807, 2.05) is 0 Å². The summed E-state index contributed by atoms with van der Waals surface area (Å²) < 4.78 is 11.0. The highest BCUT2D eigenvalue weighted by Crippen LogP contribution is 2.40. The summed E-state index contributed by atoms with van der Waals surface area (Å²) in [6.45, 7) is 1.21. The van der Waals surface area contributed by atoms with Gasteiger partial charge >= 0.3 is 5.97 Å². The number of esters is 1. The zero-order valence-corrected chi connectivity index (χ0v) is 12.5. The molecule has 6 nitrogen and oxygen atoms in total. The number of nitro groups is 1. The van der Waals surface area contributed by atoms with E-state index in [4.69, 9.17) is 9.47 Å². The molecule has 1 aromatic carbocycles. The van der Waals surface area contributed by atoms with E-state index in [2.05, 4.69) is 15.9 Å². The van der Waals surface area contributed by atoms with E-state index in [9.17, 15) is 14.9 Å². The summed E-state index contributed by atoms with van der Waals surface area (Å²) in [5.41, 5.74) is 0.789. The SMILES string of the molecule is COC(=O)C1=C(C)Oc2ccc(Br)cc2[C@H]1C[N+](=O)[O-]. The molecule has 0 saturated heterocycles. The number of carbonyl (C=O) groups is 1. The van der Waals surface area contributed by atoms with Crippen molar-refractivity contribution in [2.24, 2.45) is 0 Å². The zero-order chi connectivity index (χ0) is 14.9. The number of rotatable bonds is 3. The summed E-state index contributed by atoms with van der Waals surface area (Å²) in [5, 5.41) is 10.9. The summed E-state index contributed by atoms with van der Waals surface area (Å²) in [7, 11) is 1.24. The maximum Gasteiger partial charge on any atom is 0.338 e. The Balaban J connectivity index is 2.56. The lowest BCUT2D eigenvalue weighted by Gasteiger charge is -2.26. The molecule has 0 N–H and O–H groups in total. The first-order valence-electron chi connectivity index (χ1n) is 5.82. The molecule has 0 fully saturated rings. The van der Waals surface area contributed by atoms with Gasteiger partial charge in [-0.2, -0.15) is 0 Å². The van der Waals surface area contributed by atoms with E-state index in [-0.39, 0.29) is 5.57 Å². The van der Waals surface area contributed by atoms with E-state index in [0.29, 0.717) is 17.1 Å². The average Bonchev–Trinajstić information content (AvgIpc) is 2.38. The number of methoxy groups -OCH3 is 1. The number of allylic oxidation sites excluding steroid dienone is 1. The highest BCUT2D eigenvalue weighted by atomic mass is 79.9. The van der Waals surface area contributed by atoms with Gasteiger partial charge in [-0.3, -0.25) is 10.1 Å². The van der Waals surface area contributed by atoms with E-state index in [0.717, 1.165) is 4.47 Å². The normalized spacial score (nSPS) is 17.2. The molecule has 106 valence electrons. The Labute approximate surface area is 123 Å². The van der Waals surface area contributed by atoms with Gasteiger partial charge in [0.2, 0.25) is 6.54 Å². The molecule has 1 atom stereocenters. The molecule has 1 heterocycles. The van der Waals surface area contributed by atoms with Crippen LogP contribution in [0.3, 0.4) is 0 Å². The third-order valence-corrected chi connectivity index (χ3v) is 3.57. The lowest BCUT2D eigenvalue weighted by Crippen LogP contribution is -2.26. The number of nitrogens with zero attached hydrogens (tertiary/aromatic N) is 1. The number of fused-ring (bicyclic) bond motifs is 1. The van der Waals surface area contributed by atoms with Crippen molar-refractivity contribution in [3.8, 4) is 5.75 Å². The second-order valence-corrected chi connectivity index (χ2v) is 5.23. The van der Waals surface area contributed by atoms with Crippen LogP contribution in [0.5, 0.6) is 5.75 Å². The smallest absolute Gasteiger partial charge is 0.338 e. The number of carbonyl (C=O) groups excluding carboxylic acids is 1. The lowest BCUT2D eigenvalue weighted by atomic mass is 9.87. The monoisotopic (exact) mass is 341 g/mol. The molecule has 1 aliphatic heterocycles. The first kappa shape index (κ1) is 14.5. The first-order chi connectivity index (χ1) is 9.43. The molecule has 0 aromatic heterocycles. The van der Waals surface area contributed by atoms with Crippen molar-refractivity contribution in [1.82, 2.24) is 0 Å². The summed E-state index contributed by atoms with van der Waals surface area (Å²) in [6.07, 6.45) is 0. The van der Waals surface area contributed by atoms with Crippen molar-refractivity contribution in [2.45, 2.75) is 12.8 Å². The maximum atomic E-state index is 11.9. The molecule has 0 saturated carbocycles. The molecule has 0 aliphatic carbocycles. The van der Waals surface area contributed by atoms with Gasteiger partial charge in [0.05, 0.1) is 18.6 Å². The van der Waals surface area contributed by atoms with E-state index >= 15 is 0 Å². The lowest BCUT2D eigenvalue weighted by molar-refractivity contribution is -0.482. The van der Waals surface area contributed by atoms with Crippen LogP contribution in [0.2, 0.25) is 0 Å². The molecule has 20 heavy (non-hydrogen) atoms. The zero-order valence-electron chi connectivity index (χ0n) is 10.9. The van der Waals surface area contributed by atoms with Crippen LogP contribution in [0, 0.1) is 10.1 Å². The molecule has 0 bridgehead atoms. The highest BCUT2D eigenvalue weighted by Gasteiger charge is 2.36. The predicted molar refractivity (Wildman–Crippen MR) is 74.1 cm³/mol. The van der Waals surface area contributed by atoms with Gasteiger partial charge in [0.1, 0.15) is 11.5 Å². The molecule has 0 amide bonds. The van der Waals surface area contributed by atoms with Crippen LogP contribution in [0.15, 0.2) is 34.0 Å². The first-order valence-corrected chi connectivity index (χ1v) is 6.61. The van der Waals surface area contributed by atoms with Gasteiger partial charge in [0.25, 0.3) is 0 Å². The van der Waals surface area contributed by atoms with Gasteiger partial charge < -0.3 is 9.47 Å². The molecule has 1 aromatic rings. The Kier molecular flexibility index (Phi) is 4.08. The Hall–Kier alpha value is -1.89. The molecule has 0 radical (unpaired) electrons. The Morgan fingerprint density at radius 3 is 2.85 bits per heavy atom. The summed E-state index contributed by atoms with van der Waals surface area (Å²) in [4.78, 5) is 22.3. The maximum absolute atomic E-state index is 11.9. The molecular formula is C13H12BrNO5. The van der Waals surface area contributed by atoms with Crippen molar-refractivity contribution >= 4 is 21.9 Å². The summed E-state index contributed by atoms with van der Waals surface area (Å²) in [6, 6.07) is 5.21. The van der Waals surface area contributed by atoms with Crippen molar-refractivity contribution in [2.75, 3.05) is 13.7 Å². The number of hydrogen-bond acceptors (Lipinski definition) is 5. The van der Waals surface area contributed by atoms with Crippen LogP contribution in [0.4, 0.5) is 0 Å². The van der Waals surface area contributed by atoms with Crippen LogP contribution >= 0.6 is 15.9 Å².